The normalized spacial score (nSPS) is 11.1. The predicted octanol–water partition coefficient (Wildman–Crippen LogP) is 3.60. The molecule has 0 bridgehead atoms. The van der Waals surface area contributed by atoms with Crippen LogP contribution in [0.2, 0.25) is 0 Å². The lowest BCUT2D eigenvalue weighted by Gasteiger charge is -2.05. The lowest BCUT2D eigenvalue weighted by atomic mass is 10.2. The van der Waals surface area contributed by atoms with E-state index in [0.717, 1.165) is 18.7 Å². The van der Waals surface area contributed by atoms with E-state index in [4.69, 9.17) is 0 Å². The highest BCUT2D eigenvalue weighted by Crippen LogP contribution is 2.19. The smallest absolute Gasteiger partial charge is 0.0945 e. The third-order valence-electron chi connectivity index (χ3n) is 3.22. The van der Waals surface area contributed by atoms with E-state index in [2.05, 4.69) is 57.8 Å². The minimum absolute atomic E-state index is 0.922. The Morgan fingerprint density at radius 3 is 3.00 bits per heavy atom. The number of nitrogens with zero attached hydrogens (tertiary/aromatic N) is 2. The van der Waals surface area contributed by atoms with Crippen molar-refractivity contribution in [3.8, 4) is 0 Å². The first-order chi connectivity index (χ1) is 9.22. The van der Waals surface area contributed by atoms with Gasteiger partial charge in [0.2, 0.25) is 0 Å². The molecule has 0 fully saturated rings. The second-order valence-electron chi connectivity index (χ2n) is 4.76. The average molecular weight is 271 g/mol. The fraction of sp³-hybridized carbons (Fsp3) is 0.267. The van der Waals surface area contributed by atoms with E-state index in [9.17, 15) is 0 Å². The monoisotopic (exact) mass is 271 g/mol. The zero-order valence-electron chi connectivity index (χ0n) is 11.2. The standard InChI is InChI=1S/C15H17N3S/c1-11-10-19-15(17-11)5-7-16-13-3-4-14-12(9-13)6-8-18(14)2/h3-4,6,8-10,16H,5,7H2,1-2H3. The van der Waals surface area contributed by atoms with Crippen LogP contribution in [-0.4, -0.2) is 16.1 Å². The highest BCUT2D eigenvalue weighted by molar-refractivity contribution is 7.09. The van der Waals surface area contributed by atoms with Crippen molar-refractivity contribution in [2.24, 2.45) is 7.05 Å². The Labute approximate surface area is 116 Å². The number of aryl methyl sites for hydroxylation is 2. The molecule has 0 aliphatic rings. The molecule has 19 heavy (non-hydrogen) atoms. The van der Waals surface area contributed by atoms with E-state index in [1.54, 1.807) is 11.3 Å². The second kappa shape index (κ2) is 5.05. The molecule has 0 saturated carbocycles. The zero-order chi connectivity index (χ0) is 13.2. The number of benzene rings is 1. The van der Waals surface area contributed by atoms with Gasteiger partial charge >= 0.3 is 0 Å². The van der Waals surface area contributed by atoms with Gasteiger partial charge in [-0.25, -0.2) is 4.98 Å². The molecular formula is C15H17N3S. The van der Waals surface area contributed by atoms with Crippen molar-refractivity contribution in [1.82, 2.24) is 9.55 Å². The summed E-state index contributed by atoms with van der Waals surface area (Å²) in [6, 6.07) is 8.63. The van der Waals surface area contributed by atoms with Crippen LogP contribution in [0.1, 0.15) is 10.7 Å². The van der Waals surface area contributed by atoms with Gasteiger partial charge < -0.3 is 9.88 Å². The number of fused-ring (bicyclic) bond motifs is 1. The van der Waals surface area contributed by atoms with Gasteiger partial charge in [-0.05, 0) is 31.2 Å². The summed E-state index contributed by atoms with van der Waals surface area (Å²) < 4.78 is 2.14. The molecule has 0 spiro atoms. The molecular weight excluding hydrogens is 254 g/mol. The Balaban J connectivity index is 1.65. The highest BCUT2D eigenvalue weighted by Gasteiger charge is 2.01. The van der Waals surface area contributed by atoms with Gasteiger partial charge in [0, 0.05) is 53.9 Å². The number of hydrogen-bond donors (Lipinski definition) is 1. The minimum Gasteiger partial charge on any atom is -0.385 e. The van der Waals surface area contributed by atoms with E-state index in [1.807, 2.05) is 6.92 Å². The Hall–Kier alpha value is -1.81. The van der Waals surface area contributed by atoms with Gasteiger partial charge in [-0.15, -0.1) is 11.3 Å². The first-order valence-electron chi connectivity index (χ1n) is 6.42. The topological polar surface area (TPSA) is 29.9 Å². The van der Waals surface area contributed by atoms with Crippen LogP contribution in [0.15, 0.2) is 35.8 Å². The average Bonchev–Trinajstić information content (AvgIpc) is 2.97. The van der Waals surface area contributed by atoms with Gasteiger partial charge in [-0.3, -0.25) is 0 Å². The van der Waals surface area contributed by atoms with Gasteiger partial charge in [0.15, 0.2) is 0 Å². The summed E-state index contributed by atoms with van der Waals surface area (Å²) in [6.07, 6.45) is 3.07. The Morgan fingerprint density at radius 2 is 2.21 bits per heavy atom. The summed E-state index contributed by atoms with van der Waals surface area (Å²) in [4.78, 5) is 4.47. The van der Waals surface area contributed by atoms with E-state index in [-0.39, 0.29) is 0 Å². The molecule has 0 atom stereocenters. The number of hydrogen-bond acceptors (Lipinski definition) is 3. The summed E-state index contributed by atoms with van der Waals surface area (Å²) in [5, 5.41) is 8.04. The number of anilines is 1. The van der Waals surface area contributed by atoms with Gasteiger partial charge in [0.05, 0.1) is 5.01 Å². The van der Waals surface area contributed by atoms with Crippen LogP contribution in [0.5, 0.6) is 0 Å². The van der Waals surface area contributed by atoms with Crippen LogP contribution in [0.4, 0.5) is 5.69 Å². The van der Waals surface area contributed by atoms with Crippen LogP contribution < -0.4 is 5.32 Å². The fourth-order valence-corrected chi connectivity index (χ4v) is 3.00. The second-order valence-corrected chi connectivity index (χ2v) is 5.70. The summed E-state index contributed by atoms with van der Waals surface area (Å²) in [5.74, 6) is 0. The Morgan fingerprint density at radius 1 is 1.32 bits per heavy atom. The van der Waals surface area contributed by atoms with Crippen molar-refractivity contribution in [1.29, 1.82) is 0 Å². The third kappa shape index (κ3) is 2.63. The van der Waals surface area contributed by atoms with Crippen molar-refractivity contribution >= 4 is 27.9 Å². The zero-order valence-corrected chi connectivity index (χ0v) is 12.0. The number of rotatable bonds is 4. The van der Waals surface area contributed by atoms with Crippen LogP contribution in [-0.2, 0) is 13.5 Å². The fourth-order valence-electron chi connectivity index (χ4n) is 2.22. The van der Waals surface area contributed by atoms with Crippen molar-refractivity contribution in [2.75, 3.05) is 11.9 Å². The van der Waals surface area contributed by atoms with Crippen LogP contribution in [0.3, 0.4) is 0 Å². The maximum Gasteiger partial charge on any atom is 0.0945 e. The Kier molecular flexibility index (Phi) is 3.25. The summed E-state index contributed by atoms with van der Waals surface area (Å²) in [6.45, 7) is 2.96. The van der Waals surface area contributed by atoms with E-state index < -0.39 is 0 Å². The molecule has 1 N–H and O–H groups in total. The molecule has 3 nitrogen and oxygen atoms in total. The molecule has 2 aromatic heterocycles. The predicted molar refractivity (Wildman–Crippen MR) is 82.0 cm³/mol. The largest absolute Gasteiger partial charge is 0.385 e. The highest BCUT2D eigenvalue weighted by atomic mass is 32.1. The quantitative estimate of drug-likeness (QED) is 0.785. The maximum atomic E-state index is 4.47. The third-order valence-corrected chi connectivity index (χ3v) is 4.25. The van der Waals surface area contributed by atoms with E-state index >= 15 is 0 Å². The lowest BCUT2D eigenvalue weighted by Crippen LogP contribution is -2.04. The molecule has 0 unspecified atom stereocenters. The SMILES string of the molecule is Cc1csc(CCNc2ccc3c(ccn3C)c2)n1. The number of thiazole rings is 1. The number of aromatic nitrogens is 2. The van der Waals surface area contributed by atoms with Crippen molar-refractivity contribution in [3.63, 3.8) is 0 Å². The van der Waals surface area contributed by atoms with Crippen molar-refractivity contribution < 1.29 is 0 Å². The number of nitrogens with one attached hydrogen (secondary N) is 1. The lowest BCUT2D eigenvalue weighted by molar-refractivity contribution is 0.968. The molecule has 0 aliphatic heterocycles. The first kappa shape index (κ1) is 12.2. The Bertz CT molecular complexity index is 696. The van der Waals surface area contributed by atoms with Crippen LogP contribution in [0.25, 0.3) is 10.9 Å². The van der Waals surface area contributed by atoms with E-state index in [0.29, 0.717) is 0 Å². The molecule has 3 aromatic rings. The van der Waals surface area contributed by atoms with Gasteiger partial charge in [0.25, 0.3) is 0 Å². The first-order valence-corrected chi connectivity index (χ1v) is 7.30. The van der Waals surface area contributed by atoms with Crippen LogP contribution in [0, 0.1) is 6.92 Å². The summed E-state index contributed by atoms with van der Waals surface area (Å²) in [7, 11) is 2.07. The molecule has 0 amide bonds. The van der Waals surface area contributed by atoms with Gasteiger partial charge in [-0.1, -0.05) is 0 Å². The summed E-state index contributed by atoms with van der Waals surface area (Å²) >= 11 is 1.74. The van der Waals surface area contributed by atoms with E-state index in [1.165, 1.54) is 21.6 Å². The minimum atomic E-state index is 0.922. The van der Waals surface area contributed by atoms with Crippen molar-refractivity contribution in [3.05, 3.63) is 46.5 Å². The molecule has 98 valence electrons. The molecule has 0 radical (unpaired) electrons. The molecule has 2 heterocycles. The molecule has 3 rings (SSSR count). The van der Waals surface area contributed by atoms with Gasteiger partial charge in [-0.2, -0.15) is 0 Å². The van der Waals surface area contributed by atoms with Crippen LogP contribution >= 0.6 is 11.3 Å². The molecule has 0 aliphatic carbocycles. The molecule has 0 saturated heterocycles. The maximum absolute atomic E-state index is 4.47. The summed E-state index contributed by atoms with van der Waals surface area (Å²) in [5.41, 5.74) is 3.55. The van der Waals surface area contributed by atoms with Gasteiger partial charge in [0.1, 0.15) is 0 Å². The molecule has 4 heteroatoms. The molecule has 1 aromatic carbocycles. The van der Waals surface area contributed by atoms with Crippen molar-refractivity contribution in [2.45, 2.75) is 13.3 Å².